The van der Waals surface area contributed by atoms with Gasteiger partial charge in [0.05, 0.1) is 18.7 Å². The Labute approximate surface area is 117 Å². The van der Waals surface area contributed by atoms with Crippen LogP contribution in [0, 0.1) is 12.8 Å². The molecule has 1 fully saturated rings. The topological polar surface area (TPSA) is 82.8 Å². The fourth-order valence-corrected chi connectivity index (χ4v) is 2.52. The van der Waals surface area contributed by atoms with E-state index in [-0.39, 0.29) is 18.0 Å². The number of aryl methyl sites for hydroxylation is 1. The number of carboxylic acid groups (broad SMARTS) is 1. The number of amides is 2. The molecule has 2 N–H and O–H groups in total. The maximum atomic E-state index is 12.0. The van der Waals surface area contributed by atoms with Gasteiger partial charge in [-0.05, 0) is 32.3 Å². The quantitative estimate of drug-likeness (QED) is 0.883. The minimum absolute atomic E-state index is 0.0449. The normalized spacial score (nSPS) is 21.7. The lowest BCUT2D eigenvalue weighted by Crippen LogP contribution is -2.42. The average Bonchev–Trinajstić information content (AvgIpc) is 2.99. The molecule has 0 aliphatic heterocycles. The Morgan fingerprint density at radius 3 is 2.80 bits per heavy atom. The van der Waals surface area contributed by atoms with E-state index < -0.39 is 5.97 Å². The van der Waals surface area contributed by atoms with Gasteiger partial charge in [-0.25, -0.2) is 4.79 Å². The summed E-state index contributed by atoms with van der Waals surface area (Å²) >= 11 is 0. The van der Waals surface area contributed by atoms with Gasteiger partial charge in [0.15, 0.2) is 0 Å². The Balaban J connectivity index is 1.83. The van der Waals surface area contributed by atoms with E-state index in [1.807, 2.05) is 13.0 Å². The molecule has 1 aromatic heterocycles. The molecule has 0 radical (unpaired) electrons. The lowest BCUT2D eigenvalue weighted by Gasteiger charge is -2.20. The first-order chi connectivity index (χ1) is 9.47. The SMILES string of the molecule is Cc1occc1CN(C)C(=O)N[C@H]1CC[C@@H](C(=O)O)C1. The Bertz CT molecular complexity index is 497. The molecule has 110 valence electrons. The van der Waals surface area contributed by atoms with Gasteiger partial charge in [0.25, 0.3) is 0 Å². The molecule has 0 unspecified atom stereocenters. The monoisotopic (exact) mass is 280 g/mol. The van der Waals surface area contributed by atoms with Gasteiger partial charge in [0.2, 0.25) is 0 Å². The van der Waals surface area contributed by atoms with Crippen LogP contribution < -0.4 is 5.32 Å². The van der Waals surface area contributed by atoms with Crippen LogP contribution in [0.25, 0.3) is 0 Å². The summed E-state index contributed by atoms with van der Waals surface area (Å²) in [6.45, 7) is 2.33. The summed E-state index contributed by atoms with van der Waals surface area (Å²) in [4.78, 5) is 24.5. The summed E-state index contributed by atoms with van der Waals surface area (Å²) in [7, 11) is 1.71. The number of aliphatic carboxylic acids is 1. The first-order valence-electron chi connectivity index (χ1n) is 6.74. The molecule has 6 nitrogen and oxygen atoms in total. The highest BCUT2D eigenvalue weighted by molar-refractivity contribution is 5.75. The van der Waals surface area contributed by atoms with Gasteiger partial charge in [0.1, 0.15) is 5.76 Å². The van der Waals surface area contributed by atoms with Crippen molar-refractivity contribution < 1.29 is 19.1 Å². The van der Waals surface area contributed by atoms with Crippen LogP contribution in [0.1, 0.15) is 30.6 Å². The minimum atomic E-state index is -0.774. The summed E-state index contributed by atoms with van der Waals surface area (Å²) in [5.74, 6) is -0.303. The van der Waals surface area contributed by atoms with E-state index in [0.717, 1.165) is 17.7 Å². The van der Waals surface area contributed by atoms with Gasteiger partial charge >= 0.3 is 12.0 Å². The van der Waals surface area contributed by atoms with Crippen LogP contribution in [-0.2, 0) is 11.3 Å². The third kappa shape index (κ3) is 3.31. The number of rotatable bonds is 4. The highest BCUT2D eigenvalue weighted by Crippen LogP contribution is 2.25. The molecule has 0 saturated heterocycles. The molecule has 1 heterocycles. The molecule has 1 aliphatic rings. The molecular formula is C14H20N2O4. The summed E-state index contributed by atoms with van der Waals surface area (Å²) in [6, 6.07) is 1.62. The van der Waals surface area contributed by atoms with E-state index in [0.29, 0.717) is 19.4 Å². The van der Waals surface area contributed by atoms with Crippen LogP contribution in [0.15, 0.2) is 16.7 Å². The molecule has 2 rings (SSSR count). The molecule has 1 aromatic rings. The lowest BCUT2D eigenvalue weighted by atomic mass is 10.1. The maximum absolute atomic E-state index is 12.0. The largest absolute Gasteiger partial charge is 0.481 e. The lowest BCUT2D eigenvalue weighted by molar-refractivity contribution is -0.141. The number of nitrogens with one attached hydrogen (secondary N) is 1. The number of furan rings is 1. The minimum Gasteiger partial charge on any atom is -0.481 e. The summed E-state index contributed by atoms with van der Waals surface area (Å²) in [5.41, 5.74) is 0.970. The van der Waals surface area contributed by atoms with E-state index >= 15 is 0 Å². The summed E-state index contributed by atoms with van der Waals surface area (Å²) in [5, 5.41) is 11.8. The van der Waals surface area contributed by atoms with Crippen molar-refractivity contribution in [1.29, 1.82) is 0 Å². The first-order valence-corrected chi connectivity index (χ1v) is 6.74. The Hall–Kier alpha value is -1.98. The maximum Gasteiger partial charge on any atom is 0.317 e. The van der Waals surface area contributed by atoms with Crippen LogP contribution in [-0.4, -0.2) is 35.1 Å². The summed E-state index contributed by atoms with van der Waals surface area (Å²) in [6.07, 6.45) is 3.47. The highest BCUT2D eigenvalue weighted by atomic mass is 16.4. The van der Waals surface area contributed by atoms with Gasteiger partial charge in [-0.1, -0.05) is 0 Å². The third-order valence-electron chi connectivity index (χ3n) is 3.83. The Morgan fingerprint density at radius 1 is 1.50 bits per heavy atom. The molecule has 2 amide bonds. The molecular weight excluding hydrogens is 260 g/mol. The molecule has 0 spiro atoms. The van der Waals surface area contributed by atoms with Crippen molar-refractivity contribution in [2.45, 2.75) is 38.8 Å². The van der Waals surface area contributed by atoms with Gasteiger partial charge in [-0.15, -0.1) is 0 Å². The summed E-state index contributed by atoms with van der Waals surface area (Å²) < 4.78 is 5.20. The predicted octanol–water partition coefficient (Wildman–Crippen LogP) is 1.98. The number of hydrogen-bond donors (Lipinski definition) is 2. The van der Waals surface area contributed by atoms with Crippen LogP contribution >= 0.6 is 0 Å². The van der Waals surface area contributed by atoms with Crippen molar-refractivity contribution >= 4 is 12.0 Å². The Kier molecular flexibility index (Phi) is 4.32. The zero-order chi connectivity index (χ0) is 14.7. The van der Waals surface area contributed by atoms with Crippen molar-refractivity contribution in [1.82, 2.24) is 10.2 Å². The molecule has 0 bridgehead atoms. The van der Waals surface area contributed by atoms with Gasteiger partial charge < -0.3 is 19.7 Å². The number of urea groups is 1. The van der Waals surface area contributed by atoms with E-state index in [9.17, 15) is 9.59 Å². The van der Waals surface area contributed by atoms with Gasteiger partial charge in [-0.3, -0.25) is 4.79 Å². The zero-order valence-corrected chi connectivity index (χ0v) is 11.8. The number of carbonyl (C=O) groups is 2. The van der Waals surface area contributed by atoms with Crippen molar-refractivity contribution in [3.8, 4) is 0 Å². The van der Waals surface area contributed by atoms with Gasteiger partial charge in [-0.2, -0.15) is 0 Å². The van der Waals surface area contributed by atoms with Crippen LogP contribution in [0.2, 0.25) is 0 Å². The molecule has 20 heavy (non-hydrogen) atoms. The smallest absolute Gasteiger partial charge is 0.317 e. The van der Waals surface area contributed by atoms with Crippen molar-refractivity contribution in [3.63, 3.8) is 0 Å². The Morgan fingerprint density at radius 2 is 2.25 bits per heavy atom. The molecule has 1 saturated carbocycles. The van der Waals surface area contributed by atoms with Crippen molar-refractivity contribution in [2.24, 2.45) is 5.92 Å². The number of nitrogens with zero attached hydrogens (tertiary/aromatic N) is 1. The molecule has 1 aliphatic carbocycles. The number of carbonyl (C=O) groups excluding carboxylic acids is 1. The second kappa shape index (κ2) is 5.98. The number of hydrogen-bond acceptors (Lipinski definition) is 3. The average molecular weight is 280 g/mol. The fourth-order valence-electron chi connectivity index (χ4n) is 2.52. The van der Waals surface area contributed by atoms with E-state index in [2.05, 4.69) is 5.32 Å². The van der Waals surface area contributed by atoms with E-state index in [1.165, 1.54) is 0 Å². The van der Waals surface area contributed by atoms with E-state index in [4.69, 9.17) is 9.52 Å². The fraction of sp³-hybridized carbons (Fsp3) is 0.571. The van der Waals surface area contributed by atoms with Crippen molar-refractivity contribution in [3.05, 3.63) is 23.7 Å². The zero-order valence-electron chi connectivity index (χ0n) is 11.8. The van der Waals surface area contributed by atoms with Crippen molar-refractivity contribution in [2.75, 3.05) is 7.05 Å². The van der Waals surface area contributed by atoms with Crippen LogP contribution in [0.5, 0.6) is 0 Å². The second-order valence-electron chi connectivity index (χ2n) is 5.35. The standard InChI is InChI=1S/C14H20N2O4/c1-9-11(5-6-20-9)8-16(2)14(19)15-12-4-3-10(7-12)13(17)18/h5-6,10,12H,3-4,7-8H2,1-2H3,(H,15,19)(H,17,18)/t10-,12+/m1/s1. The molecule has 0 aromatic carbocycles. The number of carboxylic acids is 1. The molecule has 6 heteroatoms. The van der Waals surface area contributed by atoms with Crippen LogP contribution in [0.3, 0.4) is 0 Å². The highest BCUT2D eigenvalue weighted by Gasteiger charge is 2.31. The van der Waals surface area contributed by atoms with Gasteiger partial charge in [0, 0.05) is 18.7 Å². The van der Waals surface area contributed by atoms with Crippen LogP contribution in [0.4, 0.5) is 4.79 Å². The third-order valence-corrected chi connectivity index (χ3v) is 3.83. The molecule has 2 atom stereocenters. The predicted molar refractivity (Wildman–Crippen MR) is 72.2 cm³/mol. The second-order valence-corrected chi connectivity index (χ2v) is 5.35. The van der Waals surface area contributed by atoms with E-state index in [1.54, 1.807) is 18.2 Å². The first kappa shape index (κ1) is 14.4.